The maximum absolute atomic E-state index is 12.4. The summed E-state index contributed by atoms with van der Waals surface area (Å²) in [6.45, 7) is 0. The highest BCUT2D eigenvalue weighted by Crippen LogP contribution is 2.16. The van der Waals surface area contributed by atoms with Crippen LogP contribution in [0.25, 0.3) is 0 Å². The maximum Gasteiger partial charge on any atom is 0.241 e. The van der Waals surface area contributed by atoms with Crippen molar-refractivity contribution < 1.29 is 13.2 Å². The summed E-state index contributed by atoms with van der Waals surface area (Å²) in [4.78, 5) is 12.1. The van der Waals surface area contributed by atoms with Crippen molar-refractivity contribution in [3.05, 3.63) is 65.7 Å². The molecule has 2 aromatic rings. The molecule has 1 amide bonds. The Morgan fingerprint density at radius 1 is 1.08 bits per heavy atom. The predicted molar refractivity (Wildman–Crippen MR) is 109 cm³/mol. The van der Waals surface area contributed by atoms with E-state index >= 15 is 0 Å². The van der Waals surface area contributed by atoms with E-state index in [1.54, 1.807) is 48.2 Å². The summed E-state index contributed by atoms with van der Waals surface area (Å²) >= 11 is 1.64. The van der Waals surface area contributed by atoms with Gasteiger partial charge in [-0.3, -0.25) is 4.79 Å². The lowest BCUT2D eigenvalue weighted by molar-refractivity contribution is -0.117. The molecule has 0 aliphatic rings. The summed E-state index contributed by atoms with van der Waals surface area (Å²) in [5.41, 5.74) is 7.81. The molecule has 5 nitrogen and oxygen atoms in total. The van der Waals surface area contributed by atoms with Gasteiger partial charge in [-0.15, -0.1) is 0 Å². The second-order valence-electron chi connectivity index (χ2n) is 6.10. The standard InChI is InChI=1S/C19H24N2O3S2/c1-25-11-10-18(20)19(22)21-17-9-5-8-16(12-17)14-26(23,24)13-15-6-3-2-4-7-15/h2-9,12,18H,10-11,13-14,20H2,1H3,(H,21,22)/t18-/m0/s1. The number of nitrogens with two attached hydrogens (primary N) is 1. The first-order valence-electron chi connectivity index (χ1n) is 8.28. The molecule has 0 aliphatic carbocycles. The molecule has 0 saturated heterocycles. The van der Waals surface area contributed by atoms with E-state index in [2.05, 4.69) is 5.32 Å². The summed E-state index contributed by atoms with van der Waals surface area (Å²) < 4.78 is 24.8. The molecule has 0 spiro atoms. The van der Waals surface area contributed by atoms with Crippen LogP contribution in [-0.4, -0.2) is 32.4 Å². The van der Waals surface area contributed by atoms with E-state index < -0.39 is 15.9 Å². The first kappa shape index (κ1) is 20.5. The Balaban J connectivity index is 2.01. The van der Waals surface area contributed by atoms with Gasteiger partial charge in [0, 0.05) is 5.69 Å². The van der Waals surface area contributed by atoms with Crippen LogP contribution in [0.2, 0.25) is 0 Å². The van der Waals surface area contributed by atoms with Crippen molar-refractivity contribution in [3.8, 4) is 0 Å². The fourth-order valence-corrected chi connectivity index (χ4v) is 4.46. The highest BCUT2D eigenvalue weighted by Gasteiger charge is 2.15. The summed E-state index contributed by atoms with van der Waals surface area (Å²) in [5.74, 6) is 0.462. The van der Waals surface area contributed by atoms with Gasteiger partial charge in [-0.2, -0.15) is 11.8 Å². The van der Waals surface area contributed by atoms with Crippen molar-refractivity contribution in [1.29, 1.82) is 0 Å². The number of hydrogen-bond donors (Lipinski definition) is 2. The lowest BCUT2D eigenvalue weighted by Gasteiger charge is -2.12. The van der Waals surface area contributed by atoms with Gasteiger partial charge in [0.05, 0.1) is 17.5 Å². The maximum atomic E-state index is 12.4. The SMILES string of the molecule is CSCC[C@H](N)C(=O)Nc1cccc(CS(=O)(=O)Cc2ccccc2)c1. The molecule has 7 heteroatoms. The van der Waals surface area contributed by atoms with E-state index in [1.807, 2.05) is 24.5 Å². The largest absolute Gasteiger partial charge is 0.325 e. The number of benzene rings is 2. The van der Waals surface area contributed by atoms with Crippen molar-refractivity contribution >= 4 is 33.2 Å². The molecule has 0 saturated carbocycles. The number of nitrogens with one attached hydrogen (secondary N) is 1. The average Bonchev–Trinajstić information content (AvgIpc) is 2.59. The van der Waals surface area contributed by atoms with Crippen LogP contribution in [-0.2, 0) is 26.1 Å². The molecule has 3 N–H and O–H groups in total. The van der Waals surface area contributed by atoms with E-state index in [0.29, 0.717) is 17.7 Å². The number of amides is 1. The Morgan fingerprint density at radius 3 is 2.42 bits per heavy atom. The zero-order valence-corrected chi connectivity index (χ0v) is 16.4. The second-order valence-corrected chi connectivity index (χ2v) is 9.15. The van der Waals surface area contributed by atoms with Crippen LogP contribution in [0.3, 0.4) is 0 Å². The third-order valence-corrected chi connectivity index (χ3v) is 5.97. The highest BCUT2D eigenvalue weighted by molar-refractivity contribution is 7.98. The molecule has 26 heavy (non-hydrogen) atoms. The van der Waals surface area contributed by atoms with Gasteiger partial charge in [0.25, 0.3) is 0 Å². The quantitative estimate of drug-likeness (QED) is 0.685. The monoisotopic (exact) mass is 392 g/mol. The third-order valence-electron chi connectivity index (χ3n) is 3.78. The van der Waals surface area contributed by atoms with Crippen LogP contribution in [0.1, 0.15) is 17.5 Å². The van der Waals surface area contributed by atoms with E-state index in [4.69, 9.17) is 5.73 Å². The number of rotatable bonds is 9. The van der Waals surface area contributed by atoms with Crippen LogP contribution >= 0.6 is 11.8 Å². The Bertz CT molecular complexity index is 824. The molecule has 2 aromatic carbocycles. The average molecular weight is 393 g/mol. The zero-order valence-electron chi connectivity index (χ0n) is 14.7. The molecular weight excluding hydrogens is 368 g/mol. The number of carbonyl (C=O) groups is 1. The highest BCUT2D eigenvalue weighted by atomic mass is 32.2. The molecule has 1 atom stereocenters. The smallest absolute Gasteiger partial charge is 0.241 e. The van der Waals surface area contributed by atoms with Gasteiger partial charge >= 0.3 is 0 Å². The van der Waals surface area contributed by atoms with Gasteiger partial charge in [0.15, 0.2) is 9.84 Å². The fraction of sp³-hybridized carbons (Fsp3) is 0.316. The summed E-state index contributed by atoms with van der Waals surface area (Å²) in [7, 11) is -3.30. The molecule has 140 valence electrons. The van der Waals surface area contributed by atoms with E-state index in [-0.39, 0.29) is 17.4 Å². The van der Waals surface area contributed by atoms with Gasteiger partial charge in [0.1, 0.15) is 0 Å². The van der Waals surface area contributed by atoms with Crippen molar-refractivity contribution in [3.63, 3.8) is 0 Å². The Kier molecular flexibility index (Phi) is 7.68. The first-order valence-corrected chi connectivity index (χ1v) is 11.5. The van der Waals surface area contributed by atoms with Crippen molar-refractivity contribution in [2.45, 2.75) is 24.0 Å². The van der Waals surface area contributed by atoms with Crippen LogP contribution in [0, 0.1) is 0 Å². The van der Waals surface area contributed by atoms with Crippen molar-refractivity contribution in [2.24, 2.45) is 5.73 Å². The fourth-order valence-electron chi connectivity index (χ4n) is 2.48. The van der Waals surface area contributed by atoms with Crippen LogP contribution in [0.15, 0.2) is 54.6 Å². The molecule has 0 bridgehead atoms. The molecule has 0 aromatic heterocycles. The number of anilines is 1. The minimum atomic E-state index is -3.30. The Hall–Kier alpha value is -1.83. The number of hydrogen-bond acceptors (Lipinski definition) is 5. The lowest BCUT2D eigenvalue weighted by atomic mass is 10.2. The Morgan fingerprint density at radius 2 is 1.73 bits per heavy atom. The van der Waals surface area contributed by atoms with E-state index in [1.165, 1.54) is 0 Å². The van der Waals surface area contributed by atoms with Gasteiger partial charge in [-0.25, -0.2) is 8.42 Å². The number of carbonyl (C=O) groups excluding carboxylic acids is 1. The second kappa shape index (κ2) is 9.75. The van der Waals surface area contributed by atoms with Gasteiger partial charge in [-0.1, -0.05) is 42.5 Å². The molecule has 0 aliphatic heterocycles. The zero-order chi connectivity index (χ0) is 19.0. The topological polar surface area (TPSA) is 89.3 Å². The third kappa shape index (κ3) is 6.82. The van der Waals surface area contributed by atoms with Gasteiger partial charge in [-0.05, 0) is 41.7 Å². The summed E-state index contributed by atoms with van der Waals surface area (Å²) in [6, 6.07) is 15.4. The molecular formula is C19H24N2O3S2. The van der Waals surface area contributed by atoms with Crippen LogP contribution in [0.4, 0.5) is 5.69 Å². The normalized spacial score (nSPS) is 12.5. The molecule has 0 fully saturated rings. The Labute approximate surface area is 159 Å². The number of sulfone groups is 1. The summed E-state index contributed by atoms with van der Waals surface area (Å²) in [5, 5.41) is 2.76. The van der Waals surface area contributed by atoms with Crippen molar-refractivity contribution in [1.82, 2.24) is 0 Å². The molecule has 0 heterocycles. The number of thioether (sulfide) groups is 1. The summed E-state index contributed by atoms with van der Waals surface area (Å²) in [6.07, 6.45) is 2.56. The minimum Gasteiger partial charge on any atom is -0.325 e. The lowest BCUT2D eigenvalue weighted by Crippen LogP contribution is -2.36. The molecule has 0 unspecified atom stereocenters. The van der Waals surface area contributed by atoms with E-state index in [9.17, 15) is 13.2 Å². The molecule has 0 radical (unpaired) electrons. The first-order chi connectivity index (χ1) is 12.4. The van der Waals surface area contributed by atoms with Crippen LogP contribution < -0.4 is 11.1 Å². The van der Waals surface area contributed by atoms with Gasteiger partial charge in [0.2, 0.25) is 5.91 Å². The van der Waals surface area contributed by atoms with E-state index in [0.717, 1.165) is 11.3 Å². The molecule has 2 rings (SSSR count). The predicted octanol–water partition coefficient (Wildman–Crippen LogP) is 2.82. The minimum absolute atomic E-state index is 0.00994. The van der Waals surface area contributed by atoms with Crippen molar-refractivity contribution in [2.75, 3.05) is 17.3 Å². The van der Waals surface area contributed by atoms with Gasteiger partial charge < -0.3 is 11.1 Å². The van der Waals surface area contributed by atoms with Crippen LogP contribution in [0.5, 0.6) is 0 Å².